The number of carbonyl (C=O) groups excluding carboxylic acids is 1. The number of nitro groups is 1. The molecule has 1 aliphatic carbocycles. The Labute approximate surface area is 131 Å². The Morgan fingerprint density at radius 2 is 1.91 bits per heavy atom. The minimum atomic E-state index is -1.68. The van der Waals surface area contributed by atoms with Gasteiger partial charge in [0.05, 0.1) is 5.92 Å². The Bertz CT molecular complexity index is 388. The van der Waals surface area contributed by atoms with Crippen LogP contribution in [0.15, 0.2) is 0 Å². The second-order valence-corrected chi connectivity index (χ2v) is 7.15. The predicted molar refractivity (Wildman–Crippen MR) is 81.5 cm³/mol. The minimum absolute atomic E-state index is 0.278. The second kappa shape index (κ2) is 7.87. The summed E-state index contributed by atoms with van der Waals surface area (Å²) in [5, 5.41) is 21.0. The molecule has 0 bridgehead atoms. The summed E-state index contributed by atoms with van der Waals surface area (Å²) in [6.07, 6.45) is 2.46. The van der Waals surface area contributed by atoms with Gasteiger partial charge in [-0.1, -0.05) is 32.1 Å². The summed E-state index contributed by atoms with van der Waals surface area (Å²) in [7, 11) is 0. The average Bonchev–Trinajstić information content (AvgIpc) is 2.42. The van der Waals surface area contributed by atoms with Crippen molar-refractivity contribution >= 4 is 5.97 Å². The van der Waals surface area contributed by atoms with Crippen molar-refractivity contribution < 1.29 is 19.6 Å². The lowest BCUT2D eigenvalue weighted by Gasteiger charge is -2.30. The van der Waals surface area contributed by atoms with E-state index in [1.165, 1.54) is 6.42 Å². The smallest absolute Gasteiger partial charge is 0.312 e. The van der Waals surface area contributed by atoms with Crippen molar-refractivity contribution in [2.45, 2.75) is 77.2 Å². The number of rotatable bonds is 6. The molecule has 0 amide bonds. The van der Waals surface area contributed by atoms with E-state index in [4.69, 9.17) is 10.5 Å². The maximum Gasteiger partial charge on any atom is 0.312 e. The first-order valence-electron chi connectivity index (χ1n) is 7.92. The highest BCUT2D eigenvalue weighted by Crippen LogP contribution is 2.31. The summed E-state index contributed by atoms with van der Waals surface area (Å²) in [5.74, 6) is -1.29. The molecule has 0 radical (unpaired) electrons. The number of hydrogen-bond acceptors (Lipinski definition) is 6. The van der Waals surface area contributed by atoms with Gasteiger partial charge < -0.3 is 9.84 Å². The Balaban J connectivity index is 2.83. The van der Waals surface area contributed by atoms with Crippen LogP contribution in [0.5, 0.6) is 0 Å². The standard InChI is InChI=1S/C15H28N2O5/c1-15(2,3)22-14(19)11(12(18)13(16)17(20)21)9-10-7-5-4-6-8-10/h10-13,18H,4-9,16H2,1-3H3/t11-,12+,13?/m0/s1. The number of esters is 1. The molecular formula is C15H28N2O5. The Morgan fingerprint density at radius 3 is 2.36 bits per heavy atom. The lowest BCUT2D eigenvalue weighted by Crippen LogP contribution is -2.49. The summed E-state index contributed by atoms with van der Waals surface area (Å²) in [6, 6.07) is 0. The highest BCUT2D eigenvalue weighted by atomic mass is 16.6. The van der Waals surface area contributed by atoms with Crippen molar-refractivity contribution in [1.82, 2.24) is 0 Å². The van der Waals surface area contributed by atoms with Crippen LogP contribution in [0, 0.1) is 22.0 Å². The SMILES string of the molecule is CC(C)(C)OC(=O)[C@@H](CC1CCCCC1)[C@@H](O)C(N)[N+](=O)[O-]. The minimum Gasteiger partial charge on any atom is -0.460 e. The molecule has 1 aliphatic rings. The average molecular weight is 316 g/mol. The van der Waals surface area contributed by atoms with Gasteiger partial charge >= 0.3 is 5.97 Å². The van der Waals surface area contributed by atoms with E-state index < -0.39 is 34.7 Å². The highest BCUT2D eigenvalue weighted by Gasteiger charge is 2.40. The first kappa shape index (κ1) is 18.8. The molecule has 128 valence electrons. The monoisotopic (exact) mass is 316 g/mol. The molecule has 1 rings (SSSR count). The van der Waals surface area contributed by atoms with E-state index in [-0.39, 0.29) is 5.92 Å². The molecule has 1 saturated carbocycles. The van der Waals surface area contributed by atoms with Gasteiger partial charge in [0.15, 0.2) is 0 Å². The van der Waals surface area contributed by atoms with Crippen molar-refractivity contribution in [2.24, 2.45) is 17.6 Å². The van der Waals surface area contributed by atoms with Gasteiger partial charge in [0.1, 0.15) is 11.7 Å². The molecule has 0 saturated heterocycles. The van der Waals surface area contributed by atoms with Gasteiger partial charge in [0.25, 0.3) is 6.17 Å². The molecule has 1 fully saturated rings. The zero-order chi connectivity index (χ0) is 16.9. The quantitative estimate of drug-likeness (QED) is 0.334. The molecule has 0 aromatic rings. The summed E-state index contributed by atoms with van der Waals surface area (Å²) in [4.78, 5) is 22.4. The first-order valence-corrected chi connectivity index (χ1v) is 7.92. The number of nitrogens with two attached hydrogens (primary N) is 1. The molecule has 22 heavy (non-hydrogen) atoms. The fraction of sp³-hybridized carbons (Fsp3) is 0.933. The van der Waals surface area contributed by atoms with Gasteiger partial charge in [-0.2, -0.15) is 0 Å². The van der Waals surface area contributed by atoms with Crippen molar-refractivity contribution in [3.8, 4) is 0 Å². The van der Waals surface area contributed by atoms with E-state index in [1.807, 2.05) is 0 Å². The third kappa shape index (κ3) is 5.88. The van der Waals surface area contributed by atoms with Gasteiger partial charge in [-0.25, -0.2) is 0 Å². The van der Waals surface area contributed by atoms with E-state index in [2.05, 4.69) is 0 Å². The zero-order valence-electron chi connectivity index (χ0n) is 13.7. The predicted octanol–water partition coefficient (Wildman–Crippen LogP) is 1.84. The number of aliphatic hydroxyl groups excluding tert-OH is 1. The molecule has 7 nitrogen and oxygen atoms in total. The maximum atomic E-state index is 12.3. The van der Waals surface area contributed by atoms with Crippen LogP contribution in [0.1, 0.15) is 59.3 Å². The van der Waals surface area contributed by atoms with Crippen LogP contribution in [0.2, 0.25) is 0 Å². The third-order valence-corrected chi connectivity index (χ3v) is 4.03. The summed E-state index contributed by atoms with van der Waals surface area (Å²) in [6.45, 7) is 5.17. The van der Waals surface area contributed by atoms with E-state index in [9.17, 15) is 20.0 Å². The maximum absolute atomic E-state index is 12.3. The Morgan fingerprint density at radius 1 is 1.36 bits per heavy atom. The van der Waals surface area contributed by atoms with Crippen molar-refractivity contribution in [3.63, 3.8) is 0 Å². The third-order valence-electron chi connectivity index (χ3n) is 4.03. The molecule has 0 heterocycles. The van der Waals surface area contributed by atoms with Crippen LogP contribution in [0.25, 0.3) is 0 Å². The molecule has 0 aromatic heterocycles. The van der Waals surface area contributed by atoms with Crippen LogP contribution in [-0.2, 0) is 9.53 Å². The fourth-order valence-corrected chi connectivity index (χ4v) is 2.90. The highest BCUT2D eigenvalue weighted by molar-refractivity contribution is 5.73. The zero-order valence-corrected chi connectivity index (χ0v) is 13.7. The first-order chi connectivity index (χ1) is 10.1. The van der Waals surface area contributed by atoms with Crippen molar-refractivity contribution in [2.75, 3.05) is 0 Å². The Hall–Kier alpha value is -1.21. The van der Waals surface area contributed by atoms with Crippen molar-refractivity contribution in [3.05, 3.63) is 10.1 Å². The molecule has 1 unspecified atom stereocenters. The Kier molecular flexibility index (Phi) is 6.74. The largest absolute Gasteiger partial charge is 0.460 e. The number of nitrogens with zero attached hydrogens (tertiary/aromatic N) is 1. The van der Waals surface area contributed by atoms with Crippen LogP contribution in [0.4, 0.5) is 0 Å². The lowest BCUT2D eigenvalue weighted by atomic mass is 9.80. The van der Waals surface area contributed by atoms with Gasteiger partial charge in [0.2, 0.25) is 0 Å². The topological polar surface area (TPSA) is 116 Å². The number of carbonyl (C=O) groups is 1. The molecule has 0 aromatic carbocycles. The molecule has 7 heteroatoms. The van der Waals surface area contributed by atoms with Gasteiger partial charge in [0, 0.05) is 4.92 Å². The number of ether oxygens (including phenoxy) is 1. The van der Waals surface area contributed by atoms with Crippen molar-refractivity contribution in [1.29, 1.82) is 0 Å². The van der Waals surface area contributed by atoms with Gasteiger partial charge in [-0.15, -0.1) is 0 Å². The molecular weight excluding hydrogens is 288 g/mol. The molecule has 3 N–H and O–H groups in total. The molecule has 0 aliphatic heterocycles. The molecule has 0 spiro atoms. The van der Waals surface area contributed by atoms with Gasteiger partial charge in [-0.05, 0) is 33.1 Å². The van der Waals surface area contributed by atoms with Gasteiger partial charge in [-0.3, -0.25) is 20.6 Å². The van der Waals surface area contributed by atoms with E-state index in [0.717, 1.165) is 25.7 Å². The lowest BCUT2D eigenvalue weighted by molar-refractivity contribution is -0.535. The van der Waals surface area contributed by atoms with E-state index in [1.54, 1.807) is 20.8 Å². The summed E-state index contributed by atoms with van der Waals surface area (Å²) < 4.78 is 5.32. The van der Waals surface area contributed by atoms with Crippen LogP contribution >= 0.6 is 0 Å². The van der Waals surface area contributed by atoms with E-state index >= 15 is 0 Å². The van der Waals surface area contributed by atoms with Crippen LogP contribution in [-0.4, -0.2) is 33.9 Å². The summed E-state index contributed by atoms with van der Waals surface area (Å²) >= 11 is 0. The summed E-state index contributed by atoms with van der Waals surface area (Å²) in [5.41, 5.74) is 4.70. The second-order valence-electron chi connectivity index (χ2n) is 7.15. The fourth-order valence-electron chi connectivity index (χ4n) is 2.90. The number of aliphatic hydroxyl groups is 1. The van der Waals surface area contributed by atoms with Crippen LogP contribution < -0.4 is 5.73 Å². The van der Waals surface area contributed by atoms with Crippen LogP contribution in [0.3, 0.4) is 0 Å². The van der Waals surface area contributed by atoms with E-state index in [0.29, 0.717) is 6.42 Å². The normalized spacial score (nSPS) is 21.0. The number of hydrogen-bond donors (Lipinski definition) is 2. The molecule has 3 atom stereocenters.